The van der Waals surface area contributed by atoms with Gasteiger partial charge in [-0.3, -0.25) is 9.59 Å². The summed E-state index contributed by atoms with van der Waals surface area (Å²) in [5, 5.41) is 2.98. The van der Waals surface area contributed by atoms with Crippen LogP contribution in [-0.4, -0.2) is 24.0 Å². The zero-order valence-electron chi connectivity index (χ0n) is 15.4. The highest BCUT2D eigenvalue weighted by Gasteiger charge is 2.21. The highest BCUT2D eigenvalue weighted by molar-refractivity contribution is 6.31. The maximum absolute atomic E-state index is 13.7. The van der Waals surface area contributed by atoms with Crippen molar-refractivity contribution in [3.63, 3.8) is 0 Å². The maximum Gasteiger partial charge on any atom is 0.311 e. The van der Waals surface area contributed by atoms with Crippen LogP contribution in [0.4, 0.5) is 4.39 Å². The molecule has 2 rings (SSSR count). The SMILES string of the molecule is C[C@H](CCc1ccccc1)NC(=O)[C@@H](C)OC(=O)Cc1c(F)cccc1Cl. The average molecular weight is 392 g/mol. The molecule has 0 aliphatic heterocycles. The summed E-state index contributed by atoms with van der Waals surface area (Å²) in [6, 6.07) is 14.1. The van der Waals surface area contributed by atoms with Crippen LogP contribution in [0.15, 0.2) is 48.5 Å². The quantitative estimate of drug-likeness (QED) is 0.689. The van der Waals surface area contributed by atoms with Crippen molar-refractivity contribution in [3.8, 4) is 0 Å². The van der Waals surface area contributed by atoms with Crippen molar-refractivity contribution in [2.75, 3.05) is 0 Å². The molecule has 2 atom stereocenters. The van der Waals surface area contributed by atoms with Crippen molar-refractivity contribution >= 4 is 23.5 Å². The molecule has 144 valence electrons. The number of benzene rings is 2. The summed E-state index contributed by atoms with van der Waals surface area (Å²) >= 11 is 5.90. The van der Waals surface area contributed by atoms with Crippen LogP contribution in [0.1, 0.15) is 31.4 Å². The molecule has 0 saturated carbocycles. The fourth-order valence-electron chi connectivity index (χ4n) is 2.60. The van der Waals surface area contributed by atoms with Gasteiger partial charge in [-0.2, -0.15) is 0 Å². The van der Waals surface area contributed by atoms with Crippen molar-refractivity contribution in [2.24, 2.45) is 0 Å². The third kappa shape index (κ3) is 6.68. The van der Waals surface area contributed by atoms with E-state index in [1.165, 1.54) is 30.7 Å². The Labute approximate surface area is 163 Å². The number of ether oxygens (including phenoxy) is 1. The molecule has 2 aromatic rings. The fraction of sp³-hybridized carbons (Fsp3) is 0.333. The normalized spacial score (nSPS) is 12.9. The molecule has 1 N–H and O–H groups in total. The second kappa shape index (κ2) is 10.1. The van der Waals surface area contributed by atoms with Gasteiger partial charge in [0.15, 0.2) is 6.10 Å². The Morgan fingerprint density at radius 2 is 1.81 bits per heavy atom. The first-order chi connectivity index (χ1) is 12.9. The number of hydrogen-bond donors (Lipinski definition) is 1. The lowest BCUT2D eigenvalue weighted by molar-refractivity contribution is -0.154. The minimum Gasteiger partial charge on any atom is -0.452 e. The first-order valence-corrected chi connectivity index (χ1v) is 9.21. The number of aryl methyl sites for hydroxylation is 1. The zero-order chi connectivity index (χ0) is 19.8. The van der Waals surface area contributed by atoms with Gasteiger partial charge in [0.2, 0.25) is 0 Å². The van der Waals surface area contributed by atoms with E-state index in [0.29, 0.717) is 0 Å². The maximum atomic E-state index is 13.7. The molecule has 0 aromatic heterocycles. The minimum absolute atomic E-state index is 0.0630. The van der Waals surface area contributed by atoms with Crippen molar-refractivity contribution in [1.82, 2.24) is 5.32 Å². The predicted molar refractivity (Wildman–Crippen MR) is 103 cm³/mol. The highest BCUT2D eigenvalue weighted by Crippen LogP contribution is 2.20. The van der Waals surface area contributed by atoms with Crippen LogP contribution in [0.5, 0.6) is 0 Å². The second-order valence-electron chi connectivity index (χ2n) is 6.44. The Morgan fingerprint density at radius 1 is 1.11 bits per heavy atom. The van der Waals surface area contributed by atoms with Gasteiger partial charge in [-0.05, 0) is 44.4 Å². The lowest BCUT2D eigenvalue weighted by atomic mass is 10.1. The second-order valence-corrected chi connectivity index (χ2v) is 6.85. The van der Waals surface area contributed by atoms with Gasteiger partial charge in [0.1, 0.15) is 5.82 Å². The van der Waals surface area contributed by atoms with E-state index in [1.54, 1.807) is 0 Å². The van der Waals surface area contributed by atoms with Gasteiger partial charge >= 0.3 is 5.97 Å². The topological polar surface area (TPSA) is 55.4 Å². The van der Waals surface area contributed by atoms with Crippen LogP contribution in [0.2, 0.25) is 5.02 Å². The molecule has 27 heavy (non-hydrogen) atoms. The molecule has 0 saturated heterocycles. The molecule has 0 radical (unpaired) electrons. The highest BCUT2D eigenvalue weighted by atomic mass is 35.5. The minimum atomic E-state index is -0.970. The number of halogens is 2. The Morgan fingerprint density at radius 3 is 2.48 bits per heavy atom. The summed E-state index contributed by atoms with van der Waals surface area (Å²) in [4.78, 5) is 24.2. The summed E-state index contributed by atoms with van der Waals surface area (Å²) < 4.78 is 18.8. The van der Waals surface area contributed by atoms with E-state index < -0.39 is 17.9 Å². The van der Waals surface area contributed by atoms with Gasteiger partial charge in [-0.1, -0.05) is 48.0 Å². The van der Waals surface area contributed by atoms with Crippen molar-refractivity contribution < 1.29 is 18.7 Å². The van der Waals surface area contributed by atoms with Crippen LogP contribution < -0.4 is 5.32 Å². The number of nitrogens with one attached hydrogen (secondary N) is 1. The molecular weight excluding hydrogens is 369 g/mol. The zero-order valence-corrected chi connectivity index (χ0v) is 16.1. The average Bonchev–Trinajstić information content (AvgIpc) is 2.64. The molecule has 6 heteroatoms. The van der Waals surface area contributed by atoms with Crippen molar-refractivity contribution in [1.29, 1.82) is 0 Å². The van der Waals surface area contributed by atoms with Crippen LogP contribution in [-0.2, 0) is 27.2 Å². The summed E-state index contributed by atoms with van der Waals surface area (Å²) in [5.41, 5.74) is 1.26. The van der Waals surface area contributed by atoms with Gasteiger partial charge in [0.25, 0.3) is 5.91 Å². The van der Waals surface area contributed by atoms with Gasteiger partial charge in [-0.15, -0.1) is 0 Å². The molecule has 4 nitrogen and oxygen atoms in total. The molecule has 0 aliphatic rings. The number of carbonyl (C=O) groups is 2. The lowest BCUT2D eigenvalue weighted by Gasteiger charge is -2.18. The number of esters is 1. The van der Waals surface area contributed by atoms with E-state index in [1.807, 2.05) is 37.3 Å². The number of hydrogen-bond acceptors (Lipinski definition) is 3. The van der Waals surface area contributed by atoms with Gasteiger partial charge in [0, 0.05) is 16.6 Å². The van der Waals surface area contributed by atoms with Crippen LogP contribution in [0, 0.1) is 5.82 Å². The van der Waals surface area contributed by atoms with Crippen molar-refractivity contribution in [3.05, 3.63) is 70.5 Å². The summed E-state index contributed by atoms with van der Waals surface area (Å²) in [6.45, 7) is 3.38. The van der Waals surface area contributed by atoms with Gasteiger partial charge in [0.05, 0.1) is 6.42 Å². The van der Waals surface area contributed by atoms with Gasteiger partial charge < -0.3 is 10.1 Å². The van der Waals surface area contributed by atoms with Crippen LogP contribution in [0.25, 0.3) is 0 Å². The Kier molecular flexibility index (Phi) is 7.80. The van der Waals surface area contributed by atoms with E-state index in [9.17, 15) is 14.0 Å². The molecular formula is C21H23ClFNO3. The Bertz CT molecular complexity index is 762. The van der Waals surface area contributed by atoms with Crippen LogP contribution >= 0.6 is 11.6 Å². The number of rotatable bonds is 8. The lowest BCUT2D eigenvalue weighted by Crippen LogP contribution is -2.41. The largest absolute Gasteiger partial charge is 0.452 e. The number of carbonyl (C=O) groups excluding carboxylic acids is 2. The van der Waals surface area contributed by atoms with E-state index in [-0.39, 0.29) is 29.0 Å². The summed E-state index contributed by atoms with van der Waals surface area (Å²) in [6.07, 6.45) is 0.304. The molecule has 0 aliphatic carbocycles. The van der Waals surface area contributed by atoms with Gasteiger partial charge in [-0.25, -0.2) is 4.39 Å². The Balaban J connectivity index is 1.79. The van der Waals surface area contributed by atoms with Crippen molar-refractivity contribution in [2.45, 2.75) is 45.3 Å². The fourth-order valence-corrected chi connectivity index (χ4v) is 2.83. The van der Waals surface area contributed by atoms with E-state index >= 15 is 0 Å². The summed E-state index contributed by atoms with van der Waals surface area (Å²) in [7, 11) is 0. The molecule has 2 aromatic carbocycles. The van der Waals surface area contributed by atoms with E-state index in [4.69, 9.17) is 16.3 Å². The standard InChI is InChI=1S/C21H23ClFNO3/c1-14(11-12-16-7-4-3-5-8-16)24-21(26)15(2)27-20(25)13-17-18(22)9-6-10-19(17)23/h3-10,14-15H,11-13H2,1-2H3,(H,24,26)/t14-,15-/m1/s1. The smallest absolute Gasteiger partial charge is 0.311 e. The monoisotopic (exact) mass is 391 g/mol. The third-order valence-corrected chi connectivity index (χ3v) is 4.51. The molecule has 0 unspecified atom stereocenters. The third-order valence-electron chi connectivity index (χ3n) is 4.16. The van der Waals surface area contributed by atoms with E-state index in [0.717, 1.165) is 12.8 Å². The number of amides is 1. The summed E-state index contributed by atoms with van der Waals surface area (Å²) in [5.74, 6) is -1.67. The first kappa shape index (κ1) is 20.9. The van der Waals surface area contributed by atoms with Crippen LogP contribution in [0.3, 0.4) is 0 Å². The molecule has 1 amide bonds. The molecule has 0 bridgehead atoms. The van der Waals surface area contributed by atoms with E-state index in [2.05, 4.69) is 5.32 Å². The molecule has 0 fully saturated rings. The molecule has 0 spiro atoms. The predicted octanol–water partition coefficient (Wildman–Crippen LogP) is 4.09. The first-order valence-electron chi connectivity index (χ1n) is 8.83. The molecule has 0 heterocycles. The Hall–Kier alpha value is -2.40.